The van der Waals surface area contributed by atoms with Gasteiger partial charge in [-0.3, -0.25) is 9.69 Å². The Hall–Kier alpha value is -3.19. The molecule has 0 N–H and O–H groups in total. The van der Waals surface area contributed by atoms with E-state index in [2.05, 4.69) is 5.10 Å². The molecule has 3 aromatic rings. The Morgan fingerprint density at radius 3 is 2.62 bits per heavy atom. The molecule has 0 fully saturated rings. The Morgan fingerprint density at radius 2 is 1.97 bits per heavy atom. The number of ether oxygens (including phenoxy) is 2. The van der Waals surface area contributed by atoms with Gasteiger partial charge in [0.2, 0.25) is 0 Å². The topological polar surface area (TPSA) is 56.6 Å². The zero-order valence-electron chi connectivity index (χ0n) is 16.8. The molecule has 7 heteroatoms. The molecule has 0 aliphatic rings. The van der Waals surface area contributed by atoms with Gasteiger partial charge in [0, 0.05) is 29.9 Å². The zero-order valence-corrected chi connectivity index (χ0v) is 16.8. The van der Waals surface area contributed by atoms with Gasteiger partial charge in [0.1, 0.15) is 17.3 Å². The third kappa shape index (κ3) is 5.00. The Bertz CT molecular complexity index is 973. The predicted molar refractivity (Wildman–Crippen MR) is 108 cm³/mol. The Balaban J connectivity index is 1.97. The first-order valence-corrected chi connectivity index (χ1v) is 9.33. The summed E-state index contributed by atoms with van der Waals surface area (Å²) < 4.78 is 26.6. The molecular weight excluding hydrogens is 373 g/mol. The highest BCUT2D eigenvalue weighted by molar-refractivity contribution is 5.71. The smallest absolute Gasteiger partial charge is 0.320 e. The van der Waals surface area contributed by atoms with E-state index in [0.29, 0.717) is 30.2 Å². The second-order valence-corrected chi connectivity index (χ2v) is 6.61. The van der Waals surface area contributed by atoms with Crippen molar-refractivity contribution in [3.63, 3.8) is 0 Å². The zero-order chi connectivity index (χ0) is 20.8. The van der Waals surface area contributed by atoms with Crippen LogP contribution in [0.25, 0.3) is 16.9 Å². The molecule has 0 saturated heterocycles. The lowest BCUT2D eigenvalue weighted by Gasteiger charge is -2.15. The number of aromatic nitrogens is 2. The molecule has 152 valence electrons. The SMILES string of the molecule is CCOC(=O)CN(C)Cc1cn(-c2ccccc2)nc1-c1ccc(OC)cc1F. The fourth-order valence-electron chi connectivity index (χ4n) is 3.05. The lowest BCUT2D eigenvalue weighted by molar-refractivity contribution is -0.144. The molecule has 2 aromatic carbocycles. The Kier molecular flexibility index (Phi) is 6.61. The highest BCUT2D eigenvalue weighted by Crippen LogP contribution is 2.29. The number of benzene rings is 2. The molecule has 0 aliphatic heterocycles. The number of likely N-dealkylation sites (N-methyl/N-ethyl adjacent to an activating group) is 1. The quantitative estimate of drug-likeness (QED) is 0.543. The number of rotatable bonds is 8. The van der Waals surface area contributed by atoms with E-state index in [4.69, 9.17) is 9.47 Å². The number of halogens is 1. The standard InChI is InChI=1S/C22H24FN3O3/c1-4-29-21(27)15-25(2)13-16-14-26(17-8-6-5-7-9-17)24-22(16)19-11-10-18(28-3)12-20(19)23/h5-12,14H,4,13,15H2,1-3H3. The molecule has 0 aliphatic carbocycles. The van der Waals surface area contributed by atoms with Crippen molar-refractivity contribution < 1.29 is 18.7 Å². The summed E-state index contributed by atoms with van der Waals surface area (Å²) in [6.45, 7) is 2.65. The van der Waals surface area contributed by atoms with Crippen molar-refractivity contribution in [2.45, 2.75) is 13.5 Å². The van der Waals surface area contributed by atoms with Crippen LogP contribution in [-0.2, 0) is 16.1 Å². The van der Waals surface area contributed by atoms with Crippen LogP contribution in [0.1, 0.15) is 12.5 Å². The lowest BCUT2D eigenvalue weighted by atomic mass is 10.1. The van der Waals surface area contributed by atoms with Crippen molar-refractivity contribution in [1.29, 1.82) is 0 Å². The van der Waals surface area contributed by atoms with E-state index in [1.54, 1.807) is 23.7 Å². The number of nitrogens with zero attached hydrogens (tertiary/aromatic N) is 3. The van der Waals surface area contributed by atoms with Crippen LogP contribution in [0, 0.1) is 5.82 Å². The molecule has 1 aromatic heterocycles. The van der Waals surface area contributed by atoms with Crippen LogP contribution in [0.4, 0.5) is 4.39 Å². The molecule has 3 rings (SSSR count). The molecule has 0 amide bonds. The average Bonchev–Trinajstić information content (AvgIpc) is 3.11. The van der Waals surface area contributed by atoms with Crippen molar-refractivity contribution in [2.75, 3.05) is 27.3 Å². The van der Waals surface area contributed by atoms with Crippen molar-refractivity contribution in [1.82, 2.24) is 14.7 Å². The minimum Gasteiger partial charge on any atom is -0.497 e. The number of para-hydroxylation sites is 1. The summed E-state index contributed by atoms with van der Waals surface area (Å²) in [6.07, 6.45) is 1.86. The molecule has 1 heterocycles. The first-order valence-electron chi connectivity index (χ1n) is 9.33. The van der Waals surface area contributed by atoms with Gasteiger partial charge in [-0.25, -0.2) is 9.07 Å². The van der Waals surface area contributed by atoms with Crippen LogP contribution in [0.5, 0.6) is 5.75 Å². The van der Waals surface area contributed by atoms with Crippen LogP contribution in [0.2, 0.25) is 0 Å². The Labute approximate surface area is 169 Å². The van der Waals surface area contributed by atoms with E-state index in [-0.39, 0.29) is 12.5 Å². The number of hydrogen-bond donors (Lipinski definition) is 0. The van der Waals surface area contributed by atoms with Crippen LogP contribution >= 0.6 is 0 Å². The van der Waals surface area contributed by atoms with E-state index in [1.807, 2.05) is 48.5 Å². The number of esters is 1. The number of methoxy groups -OCH3 is 1. The molecule has 0 saturated carbocycles. The molecule has 6 nitrogen and oxygen atoms in total. The van der Waals surface area contributed by atoms with E-state index >= 15 is 0 Å². The molecule has 0 atom stereocenters. The van der Waals surface area contributed by atoms with Gasteiger partial charge in [0.15, 0.2) is 0 Å². The summed E-state index contributed by atoms with van der Waals surface area (Å²) in [6, 6.07) is 14.3. The summed E-state index contributed by atoms with van der Waals surface area (Å²) in [4.78, 5) is 13.6. The van der Waals surface area contributed by atoms with Gasteiger partial charge in [0.25, 0.3) is 0 Å². The van der Waals surface area contributed by atoms with Crippen molar-refractivity contribution in [3.05, 3.63) is 66.1 Å². The summed E-state index contributed by atoms with van der Waals surface area (Å²) in [5.74, 6) is -0.283. The number of carbonyl (C=O) groups is 1. The predicted octanol–water partition coefficient (Wildman–Crippen LogP) is 3.68. The minimum absolute atomic E-state index is 0.134. The molecule has 29 heavy (non-hydrogen) atoms. The second-order valence-electron chi connectivity index (χ2n) is 6.61. The van der Waals surface area contributed by atoms with Crippen LogP contribution < -0.4 is 4.74 Å². The van der Waals surface area contributed by atoms with Gasteiger partial charge in [0.05, 0.1) is 25.9 Å². The van der Waals surface area contributed by atoms with E-state index in [0.717, 1.165) is 11.3 Å². The fraction of sp³-hybridized carbons (Fsp3) is 0.273. The third-order valence-corrected chi connectivity index (χ3v) is 4.39. The van der Waals surface area contributed by atoms with Crippen molar-refractivity contribution in [2.24, 2.45) is 0 Å². The largest absolute Gasteiger partial charge is 0.497 e. The third-order valence-electron chi connectivity index (χ3n) is 4.39. The van der Waals surface area contributed by atoms with Crippen LogP contribution in [0.3, 0.4) is 0 Å². The molecular formula is C22H24FN3O3. The first-order chi connectivity index (χ1) is 14.0. The maximum Gasteiger partial charge on any atom is 0.320 e. The van der Waals surface area contributed by atoms with Crippen LogP contribution in [-0.4, -0.2) is 48.0 Å². The molecule has 0 radical (unpaired) electrons. The van der Waals surface area contributed by atoms with Crippen molar-refractivity contribution >= 4 is 5.97 Å². The van der Waals surface area contributed by atoms with E-state index in [1.165, 1.54) is 13.2 Å². The fourth-order valence-corrected chi connectivity index (χ4v) is 3.05. The lowest BCUT2D eigenvalue weighted by Crippen LogP contribution is -2.27. The molecule has 0 bridgehead atoms. The second kappa shape index (κ2) is 9.34. The molecule has 0 spiro atoms. The van der Waals surface area contributed by atoms with Crippen LogP contribution in [0.15, 0.2) is 54.7 Å². The van der Waals surface area contributed by atoms with Crippen molar-refractivity contribution in [3.8, 4) is 22.7 Å². The summed E-state index contributed by atoms with van der Waals surface area (Å²) in [7, 11) is 3.30. The van der Waals surface area contributed by atoms with Gasteiger partial charge in [-0.1, -0.05) is 18.2 Å². The maximum atomic E-state index is 14.7. The maximum absolute atomic E-state index is 14.7. The van der Waals surface area contributed by atoms with Gasteiger partial charge in [-0.05, 0) is 38.2 Å². The number of hydrogen-bond acceptors (Lipinski definition) is 5. The highest BCUT2D eigenvalue weighted by atomic mass is 19.1. The Morgan fingerprint density at radius 1 is 1.21 bits per heavy atom. The average molecular weight is 397 g/mol. The van der Waals surface area contributed by atoms with E-state index < -0.39 is 5.82 Å². The van der Waals surface area contributed by atoms with Gasteiger partial charge in [-0.2, -0.15) is 5.10 Å². The van der Waals surface area contributed by atoms with E-state index in [9.17, 15) is 9.18 Å². The normalized spacial score (nSPS) is 10.9. The molecule has 0 unspecified atom stereocenters. The van der Waals surface area contributed by atoms with Gasteiger partial charge < -0.3 is 9.47 Å². The monoisotopic (exact) mass is 397 g/mol. The highest BCUT2D eigenvalue weighted by Gasteiger charge is 2.18. The number of carbonyl (C=O) groups excluding carboxylic acids is 1. The summed E-state index contributed by atoms with van der Waals surface area (Å²) in [5, 5.41) is 4.63. The first kappa shape index (κ1) is 20.5. The minimum atomic E-state index is -0.419. The van der Waals surface area contributed by atoms with Gasteiger partial charge >= 0.3 is 5.97 Å². The summed E-state index contributed by atoms with van der Waals surface area (Å²) in [5.41, 5.74) is 2.55. The summed E-state index contributed by atoms with van der Waals surface area (Å²) >= 11 is 0. The van der Waals surface area contributed by atoms with Gasteiger partial charge in [-0.15, -0.1) is 0 Å².